The number of carbonyl (C=O) groups excluding carboxylic acids is 2. The van der Waals surface area contributed by atoms with Crippen LogP contribution in [-0.2, 0) is 0 Å². The molecule has 11 heteroatoms. The molecule has 0 heterocycles. The fourth-order valence-corrected chi connectivity index (χ4v) is 2.31. The standard InChI is InChI=1S/C15H11BrN4O6/c1-8-2-3-9(6-13(8)16)14(21)17-18-15(22)10-4-11(19(23)24)7-12(5-10)20(25)26/h2-7H,1H3,(H,17,21)(H,18,22). The molecule has 0 atom stereocenters. The molecule has 26 heavy (non-hydrogen) atoms. The Bertz CT molecular complexity index is 898. The Morgan fingerprint density at radius 1 is 0.885 bits per heavy atom. The van der Waals surface area contributed by atoms with Crippen LogP contribution in [0.25, 0.3) is 0 Å². The highest BCUT2D eigenvalue weighted by molar-refractivity contribution is 9.10. The first kappa shape index (κ1) is 19.0. The molecule has 0 bridgehead atoms. The third kappa shape index (κ3) is 4.39. The van der Waals surface area contributed by atoms with E-state index in [0.717, 1.165) is 23.8 Å². The summed E-state index contributed by atoms with van der Waals surface area (Å²) in [7, 11) is 0. The van der Waals surface area contributed by atoms with Crippen molar-refractivity contribution in [2.75, 3.05) is 0 Å². The van der Waals surface area contributed by atoms with E-state index in [-0.39, 0.29) is 11.1 Å². The van der Waals surface area contributed by atoms with E-state index in [0.29, 0.717) is 4.47 Å². The highest BCUT2D eigenvalue weighted by Crippen LogP contribution is 2.22. The second-order valence-corrected chi connectivity index (χ2v) is 5.98. The molecular weight excluding hydrogens is 412 g/mol. The van der Waals surface area contributed by atoms with Gasteiger partial charge in [0.25, 0.3) is 23.2 Å². The maximum Gasteiger partial charge on any atom is 0.277 e. The lowest BCUT2D eigenvalue weighted by Crippen LogP contribution is -2.41. The van der Waals surface area contributed by atoms with Crippen molar-refractivity contribution < 1.29 is 19.4 Å². The Labute approximate surface area is 154 Å². The van der Waals surface area contributed by atoms with Crippen LogP contribution in [0.5, 0.6) is 0 Å². The van der Waals surface area contributed by atoms with Gasteiger partial charge in [-0.1, -0.05) is 22.0 Å². The number of nitro benzene ring substituents is 2. The molecule has 0 aliphatic carbocycles. The Hall–Kier alpha value is -3.34. The number of nitro groups is 2. The van der Waals surface area contributed by atoms with Crippen molar-refractivity contribution in [3.05, 3.63) is 77.8 Å². The number of amides is 2. The molecule has 0 spiro atoms. The highest BCUT2D eigenvalue weighted by Gasteiger charge is 2.20. The van der Waals surface area contributed by atoms with Crippen LogP contribution in [0.15, 0.2) is 40.9 Å². The lowest BCUT2D eigenvalue weighted by atomic mass is 10.1. The minimum absolute atomic E-state index is 0.257. The number of rotatable bonds is 4. The summed E-state index contributed by atoms with van der Waals surface area (Å²) < 4.78 is 0.700. The van der Waals surface area contributed by atoms with E-state index in [1.807, 2.05) is 6.92 Å². The Morgan fingerprint density at radius 3 is 1.85 bits per heavy atom. The van der Waals surface area contributed by atoms with E-state index >= 15 is 0 Å². The first-order chi connectivity index (χ1) is 12.2. The average molecular weight is 423 g/mol. The normalized spacial score (nSPS) is 10.1. The molecule has 0 aliphatic heterocycles. The molecule has 134 valence electrons. The zero-order valence-corrected chi connectivity index (χ0v) is 14.8. The van der Waals surface area contributed by atoms with E-state index in [4.69, 9.17) is 0 Å². The molecule has 0 saturated heterocycles. The van der Waals surface area contributed by atoms with Crippen LogP contribution in [0.2, 0.25) is 0 Å². The summed E-state index contributed by atoms with van der Waals surface area (Å²) in [6, 6.07) is 7.27. The molecule has 10 nitrogen and oxygen atoms in total. The molecule has 2 N–H and O–H groups in total. The Morgan fingerprint density at radius 2 is 1.38 bits per heavy atom. The summed E-state index contributed by atoms with van der Waals surface area (Å²) in [4.78, 5) is 44.1. The highest BCUT2D eigenvalue weighted by atomic mass is 79.9. The van der Waals surface area contributed by atoms with Crippen molar-refractivity contribution in [1.82, 2.24) is 10.9 Å². The number of nitrogens with zero attached hydrogens (tertiary/aromatic N) is 2. The molecule has 2 amide bonds. The second kappa shape index (κ2) is 7.70. The van der Waals surface area contributed by atoms with Gasteiger partial charge in [-0.15, -0.1) is 0 Å². The number of non-ortho nitro benzene ring substituents is 2. The van der Waals surface area contributed by atoms with E-state index < -0.39 is 33.0 Å². The fourth-order valence-electron chi connectivity index (χ4n) is 1.93. The number of nitrogens with one attached hydrogen (secondary N) is 2. The molecule has 2 rings (SSSR count). The van der Waals surface area contributed by atoms with Crippen LogP contribution >= 0.6 is 15.9 Å². The molecule has 2 aromatic rings. The molecule has 2 aromatic carbocycles. The summed E-state index contributed by atoms with van der Waals surface area (Å²) >= 11 is 3.28. The molecule has 0 aliphatic rings. The number of hydrogen-bond acceptors (Lipinski definition) is 6. The Kier molecular flexibility index (Phi) is 5.62. The van der Waals surface area contributed by atoms with Crippen molar-refractivity contribution in [3.8, 4) is 0 Å². The zero-order chi connectivity index (χ0) is 19.4. The monoisotopic (exact) mass is 422 g/mol. The van der Waals surface area contributed by atoms with Crippen LogP contribution in [0.1, 0.15) is 26.3 Å². The summed E-state index contributed by atoms with van der Waals surface area (Å²) in [6.07, 6.45) is 0. The minimum atomic E-state index is -0.934. The number of halogens is 1. The number of aryl methyl sites for hydroxylation is 1. The third-order valence-corrected chi connectivity index (χ3v) is 4.16. The fraction of sp³-hybridized carbons (Fsp3) is 0.0667. The topological polar surface area (TPSA) is 144 Å². The lowest BCUT2D eigenvalue weighted by Gasteiger charge is -2.08. The molecule has 0 aromatic heterocycles. The van der Waals surface area contributed by atoms with Crippen LogP contribution in [-0.4, -0.2) is 21.7 Å². The van der Waals surface area contributed by atoms with E-state index in [1.54, 1.807) is 18.2 Å². The summed E-state index contributed by atoms with van der Waals surface area (Å²) in [5.74, 6) is -1.56. The number of carbonyl (C=O) groups is 2. The Balaban J connectivity index is 2.16. The van der Waals surface area contributed by atoms with Crippen molar-refractivity contribution in [1.29, 1.82) is 0 Å². The molecule has 0 saturated carbocycles. The largest absolute Gasteiger partial charge is 0.277 e. The molecule has 0 radical (unpaired) electrons. The van der Waals surface area contributed by atoms with Gasteiger partial charge in [-0.3, -0.25) is 40.7 Å². The summed E-state index contributed by atoms with van der Waals surface area (Å²) in [5, 5.41) is 21.7. The maximum absolute atomic E-state index is 12.1. The predicted octanol–water partition coefficient (Wildman–Crippen LogP) is 2.65. The number of hydrazine groups is 1. The van der Waals surface area contributed by atoms with E-state index in [2.05, 4.69) is 26.8 Å². The van der Waals surface area contributed by atoms with Crippen LogP contribution < -0.4 is 10.9 Å². The van der Waals surface area contributed by atoms with Crippen molar-refractivity contribution in [2.45, 2.75) is 6.92 Å². The number of benzene rings is 2. The van der Waals surface area contributed by atoms with E-state index in [9.17, 15) is 29.8 Å². The van der Waals surface area contributed by atoms with Gasteiger partial charge in [0.1, 0.15) is 0 Å². The average Bonchev–Trinajstić information content (AvgIpc) is 2.61. The van der Waals surface area contributed by atoms with Gasteiger partial charge in [0, 0.05) is 22.2 Å². The van der Waals surface area contributed by atoms with Crippen molar-refractivity contribution >= 4 is 39.1 Å². The van der Waals surface area contributed by atoms with Gasteiger partial charge in [-0.05, 0) is 24.6 Å². The lowest BCUT2D eigenvalue weighted by molar-refractivity contribution is -0.394. The van der Waals surface area contributed by atoms with Gasteiger partial charge >= 0.3 is 0 Å². The van der Waals surface area contributed by atoms with Crippen LogP contribution in [0, 0.1) is 27.2 Å². The molecular formula is C15H11BrN4O6. The third-order valence-electron chi connectivity index (χ3n) is 3.31. The van der Waals surface area contributed by atoms with Crippen molar-refractivity contribution in [3.63, 3.8) is 0 Å². The van der Waals surface area contributed by atoms with Gasteiger partial charge in [-0.25, -0.2) is 0 Å². The smallest absolute Gasteiger partial charge is 0.267 e. The number of hydrogen-bond donors (Lipinski definition) is 2. The predicted molar refractivity (Wildman–Crippen MR) is 93.6 cm³/mol. The van der Waals surface area contributed by atoms with Gasteiger partial charge in [-0.2, -0.15) is 0 Å². The first-order valence-corrected chi connectivity index (χ1v) is 7.79. The molecule has 0 fully saturated rings. The van der Waals surface area contributed by atoms with Crippen LogP contribution in [0.3, 0.4) is 0 Å². The first-order valence-electron chi connectivity index (χ1n) is 6.99. The van der Waals surface area contributed by atoms with Crippen LogP contribution in [0.4, 0.5) is 11.4 Å². The SMILES string of the molecule is Cc1ccc(C(=O)NNC(=O)c2cc([N+](=O)[O-])cc([N+](=O)[O-])c2)cc1Br. The molecule has 0 unspecified atom stereocenters. The van der Waals surface area contributed by atoms with Gasteiger partial charge < -0.3 is 0 Å². The van der Waals surface area contributed by atoms with Gasteiger partial charge in [0.05, 0.1) is 21.5 Å². The van der Waals surface area contributed by atoms with Gasteiger partial charge in [0.2, 0.25) is 0 Å². The van der Waals surface area contributed by atoms with E-state index in [1.165, 1.54) is 0 Å². The van der Waals surface area contributed by atoms with Crippen molar-refractivity contribution in [2.24, 2.45) is 0 Å². The second-order valence-electron chi connectivity index (χ2n) is 5.12. The summed E-state index contributed by atoms with van der Waals surface area (Å²) in [5.41, 5.74) is 3.81. The summed E-state index contributed by atoms with van der Waals surface area (Å²) in [6.45, 7) is 1.84. The zero-order valence-electron chi connectivity index (χ0n) is 13.2. The minimum Gasteiger partial charge on any atom is -0.267 e. The van der Waals surface area contributed by atoms with Gasteiger partial charge in [0.15, 0.2) is 0 Å². The quantitative estimate of drug-likeness (QED) is 0.571. The maximum atomic E-state index is 12.1.